The Balaban J connectivity index is 2.89. The third kappa shape index (κ3) is 3.03. The number of nitrogens with zero attached hydrogens (tertiary/aromatic N) is 1. The fraction of sp³-hybridized carbons (Fsp3) is 0.111. The minimum absolute atomic E-state index is 0.152. The second-order valence-corrected chi connectivity index (χ2v) is 3.07. The van der Waals surface area contributed by atoms with E-state index < -0.39 is 22.4 Å². The van der Waals surface area contributed by atoms with Crippen molar-refractivity contribution in [3.05, 3.63) is 46.0 Å². The van der Waals surface area contributed by atoms with Crippen molar-refractivity contribution in [2.24, 2.45) is 0 Å². The second kappa shape index (κ2) is 5.22. The van der Waals surface area contributed by atoms with Crippen LogP contribution in [0.2, 0.25) is 0 Å². The van der Waals surface area contributed by atoms with Crippen LogP contribution in [-0.4, -0.2) is 16.1 Å². The van der Waals surface area contributed by atoms with Gasteiger partial charge < -0.3 is 4.74 Å². The topological polar surface area (TPSA) is 86.5 Å². The molecule has 1 rings (SSSR count). The summed E-state index contributed by atoms with van der Waals surface area (Å²) in [7, 11) is 0. The van der Waals surface area contributed by atoms with E-state index in [0.29, 0.717) is 0 Å². The van der Waals surface area contributed by atoms with Crippen molar-refractivity contribution in [3.63, 3.8) is 0 Å². The smallest absolute Gasteiger partial charge is 0.387 e. The monoisotopic (exact) mass is 243 g/mol. The number of ether oxygens (including phenoxy) is 1. The van der Waals surface area contributed by atoms with Crippen LogP contribution in [0, 0.1) is 10.1 Å². The summed E-state index contributed by atoms with van der Waals surface area (Å²) in [5.74, 6) is -1.45. The molecule has 0 radical (unpaired) electrons. The standard InChI is InChI=1S/C9H6ClNO5/c10-7(12)9(13)16-8(11(14)15)6-4-2-1-3-5-6/h1-5,8H. The zero-order chi connectivity index (χ0) is 12.1. The molecule has 0 N–H and O–H groups in total. The minimum Gasteiger partial charge on any atom is -0.387 e. The Bertz CT molecular complexity index is 419. The molecule has 1 atom stereocenters. The highest BCUT2D eigenvalue weighted by atomic mass is 35.5. The van der Waals surface area contributed by atoms with E-state index in [-0.39, 0.29) is 5.56 Å². The zero-order valence-corrected chi connectivity index (χ0v) is 8.59. The first-order valence-corrected chi connectivity index (χ1v) is 4.49. The van der Waals surface area contributed by atoms with Crippen molar-refractivity contribution in [1.82, 2.24) is 0 Å². The summed E-state index contributed by atoms with van der Waals surface area (Å²) in [6, 6.07) is 7.54. The van der Waals surface area contributed by atoms with E-state index >= 15 is 0 Å². The van der Waals surface area contributed by atoms with E-state index in [1.165, 1.54) is 12.1 Å². The molecule has 1 unspecified atom stereocenters. The number of nitro groups is 1. The lowest BCUT2D eigenvalue weighted by Crippen LogP contribution is -2.21. The normalized spacial score (nSPS) is 11.6. The highest BCUT2D eigenvalue weighted by Gasteiger charge is 2.29. The summed E-state index contributed by atoms with van der Waals surface area (Å²) in [5, 5.41) is 9.23. The molecule has 0 heterocycles. The van der Waals surface area contributed by atoms with Gasteiger partial charge in [-0.05, 0) is 23.7 Å². The van der Waals surface area contributed by atoms with Gasteiger partial charge in [-0.3, -0.25) is 14.9 Å². The molecule has 1 aromatic rings. The Hall–Kier alpha value is -1.95. The lowest BCUT2D eigenvalue weighted by Gasteiger charge is -2.08. The quantitative estimate of drug-likeness (QED) is 0.198. The van der Waals surface area contributed by atoms with Crippen LogP contribution < -0.4 is 0 Å². The van der Waals surface area contributed by atoms with Crippen molar-refractivity contribution in [1.29, 1.82) is 0 Å². The van der Waals surface area contributed by atoms with Gasteiger partial charge in [0, 0.05) is 0 Å². The molecule has 0 saturated heterocycles. The van der Waals surface area contributed by atoms with Gasteiger partial charge >= 0.3 is 17.4 Å². The summed E-state index contributed by atoms with van der Waals surface area (Å²) in [4.78, 5) is 31.0. The molecule has 6 nitrogen and oxygen atoms in total. The molecule has 0 aliphatic carbocycles. The van der Waals surface area contributed by atoms with Gasteiger partial charge in [0.1, 0.15) is 0 Å². The van der Waals surface area contributed by atoms with Crippen molar-refractivity contribution in [3.8, 4) is 0 Å². The van der Waals surface area contributed by atoms with E-state index in [0.717, 1.165) is 0 Å². The van der Waals surface area contributed by atoms with Gasteiger partial charge in [-0.2, -0.15) is 0 Å². The fourth-order valence-electron chi connectivity index (χ4n) is 0.998. The number of carbonyl (C=O) groups excluding carboxylic acids is 2. The van der Waals surface area contributed by atoms with Gasteiger partial charge in [-0.15, -0.1) is 0 Å². The first-order chi connectivity index (χ1) is 7.52. The van der Waals surface area contributed by atoms with E-state index in [2.05, 4.69) is 4.74 Å². The summed E-state index contributed by atoms with van der Waals surface area (Å²) in [6.07, 6.45) is -1.73. The lowest BCUT2D eigenvalue weighted by molar-refractivity contribution is -0.575. The number of hydrogen-bond acceptors (Lipinski definition) is 5. The SMILES string of the molecule is O=C(Cl)C(=O)OC(c1ccccc1)[N+](=O)[O-]. The van der Waals surface area contributed by atoms with E-state index in [1.807, 2.05) is 0 Å². The summed E-state index contributed by atoms with van der Waals surface area (Å²) < 4.78 is 4.34. The maximum absolute atomic E-state index is 10.8. The van der Waals surface area contributed by atoms with Crippen LogP contribution in [0.4, 0.5) is 0 Å². The van der Waals surface area contributed by atoms with Crippen LogP contribution in [-0.2, 0) is 14.3 Å². The highest BCUT2D eigenvalue weighted by Crippen LogP contribution is 2.17. The number of benzene rings is 1. The first-order valence-electron chi connectivity index (χ1n) is 4.11. The number of rotatable bonds is 4. The lowest BCUT2D eigenvalue weighted by atomic mass is 10.2. The average Bonchev–Trinajstić information content (AvgIpc) is 2.26. The largest absolute Gasteiger partial charge is 0.396 e. The third-order valence-electron chi connectivity index (χ3n) is 1.66. The van der Waals surface area contributed by atoms with Crippen LogP contribution in [0.1, 0.15) is 11.8 Å². The Morgan fingerprint density at radius 1 is 1.31 bits per heavy atom. The van der Waals surface area contributed by atoms with Gasteiger partial charge in [0.15, 0.2) is 0 Å². The predicted molar refractivity (Wildman–Crippen MR) is 53.1 cm³/mol. The molecule has 84 valence electrons. The molecular weight excluding hydrogens is 238 g/mol. The van der Waals surface area contributed by atoms with Crippen molar-refractivity contribution in [2.75, 3.05) is 0 Å². The number of carbonyl (C=O) groups is 2. The zero-order valence-electron chi connectivity index (χ0n) is 7.83. The number of esters is 1. The molecule has 0 aliphatic rings. The van der Waals surface area contributed by atoms with E-state index in [4.69, 9.17) is 11.6 Å². The van der Waals surface area contributed by atoms with Crippen LogP contribution in [0.3, 0.4) is 0 Å². The summed E-state index contributed by atoms with van der Waals surface area (Å²) >= 11 is 4.83. The molecule has 16 heavy (non-hydrogen) atoms. The van der Waals surface area contributed by atoms with Gasteiger partial charge in [0.05, 0.1) is 10.5 Å². The van der Waals surface area contributed by atoms with E-state index in [1.54, 1.807) is 18.2 Å². The van der Waals surface area contributed by atoms with Crippen LogP contribution in [0.15, 0.2) is 30.3 Å². The number of hydrogen-bond donors (Lipinski definition) is 0. The maximum Gasteiger partial charge on any atom is 0.396 e. The van der Waals surface area contributed by atoms with Crippen molar-refractivity contribution < 1.29 is 19.2 Å². The van der Waals surface area contributed by atoms with Gasteiger partial charge in [-0.25, -0.2) is 4.79 Å². The molecular formula is C9H6ClNO5. The van der Waals surface area contributed by atoms with Crippen molar-refractivity contribution >= 4 is 22.8 Å². The molecule has 0 aliphatic heterocycles. The fourth-order valence-corrected chi connectivity index (χ4v) is 1.04. The minimum atomic E-state index is -1.73. The highest BCUT2D eigenvalue weighted by molar-refractivity contribution is 6.80. The van der Waals surface area contributed by atoms with Gasteiger partial charge in [0.25, 0.3) is 0 Å². The maximum atomic E-state index is 10.8. The molecule has 0 spiro atoms. The van der Waals surface area contributed by atoms with Crippen LogP contribution in [0.5, 0.6) is 0 Å². The molecule has 0 saturated carbocycles. The molecule has 0 fully saturated rings. The Morgan fingerprint density at radius 3 is 2.31 bits per heavy atom. The van der Waals surface area contributed by atoms with Crippen LogP contribution >= 0.6 is 11.6 Å². The van der Waals surface area contributed by atoms with E-state index in [9.17, 15) is 19.7 Å². The van der Waals surface area contributed by atoms with Crippen LogP contribution in [0.25, 0.3) is 0 Å². The average molecular weight is 244 g/mol. The van der Waals surface area contributed by atoms with Gasteiger partial charge in [0.2, 0.25) is 0 Å². The molecule has 7 heteroatoms. The Kier molecular flexibility index (Phi) is 3.96. The number of halogens is 1. The molecule has 0 aromatic heterocycles. The predicted octanol–water partition coefficient (Wildman–Crippen LogP) is 1.27. The molecule has 1 aromatic carbocycles. The third-order valence-corrected chi connectivity index (χ3v) is 1.81. The second-order valence-electron chi connectivity index (χ2n) is 2.73. The Labute approximate surface area is 94.9 Å². The van der Waals surface area contributed by atoms with Gasteiger partial charge in [-0.1, -0.05) is 18.2 Å². The van der Waals surface area contributed by atoms with Crippen molar-refractivity contribution in [2.45, 2.75) is 6.23 Å². The Morgan fingerprint density at radius 2 is 1.88 bits per heavy atom. The molecule has 0 bridgehead atoms. The summed E-state index contributed by atoms with van der Waals surface area (Å²) in [6.45, 7) is 0. The molecule has 0 amide bonds. The summed E-state index contributed by atoms with van der Waals surface area (Å²) in [5.41, 5.74) is 0.152. The first kappa shape index (κ1) is 12.1.